The van der Waals surface area contributed by atoms with Crippen molar-refractivity contribution in [2.75, 3.05) is 6.61 Å². The summed E-state index contributed by atoms with van der Waals surface area (Å²) in [5, 5.41) is 9.30. The topological polar surface area (TPSA) is 46.5 Å². The molecule has 1 heterocycles. The molecule has 1 saturated heterocycles. The van der Waals surface area contributed by atoms with Gasteiger partial charge in [-0.05, 0) is 38.5 Å². The SMILES string of the molecule is CCC(CC)(CC1CCCCO1)C(=O)O. The Morgan fingerprint density at radius 2 is 2.07 bits per heavy atom. The lowest BCUT2D eigenvalue weighted by Crippen LogP contribution is -2.35. The normalized spacial score (nSPS) is 22.7. The monoisotopic (exact) mass is 214 g/mol. The summed E-state index contributed by atoms with van der Waals surface area (Å²) in [6.07, 6.45) is 5.54. The van der Waals surface area contributed by atoms with Gasteiger partial charge in [-0.15, -0.1) is 0 Å². The number of hydrogen-bond donors (Lipinski definition) is 1. The van der Waals surface area contributed by atoms with Crippen LogP contribution < -0.4 is 0 Å². The lowest BCUT2D eigenvalue weighted by Gasteiger charge is -2.33. The Kier molecular flexibility index (Phi) is 4.58. The largest absolute Gasteiger partial charge is 0.481 e. The van der Waals surface area contributed by atoms with Crippen LogP contribution in [-0.2, 0) is 9.53 Å². The average Bonchev–Trinajstić information content (AvgIpc) is 2.27. The minimum atomic E-state index is -0.665. The highest BCUT2D eigenvalue weighted by molar-refractivity contribution is 5.74. The molecule has 15 heavy (non-hydrogen) atoms. The fourth-order valence-electron chi connectivity index (χ4n) is 2.33. The van der Waals surface area contributed by atoms with E-state index in [-0.39, 0.29) is 6.10 Å². The van der Waals surface area contributed by atoms with Crippen molar-refractivity contribution < 1.29 is 14.6 Å². The van der Waals surface area contributed by atoms with Gasteiger partial charge in [0.15, 0.2) is 0 Å². The third-order valence-corrected chi connectivity index (χ3v) is 3.70. The summed E-state index contributed by atoms with van der Waals surface area (Å²) in [5.41, 5.74) is -0.567. The molecule has 1 rings (SSSR count). The Bertz CT molecular complexity index is 203. The minimum absolute atomic E-state index is 0.162. The quantitative estimate of drug-likeness (QED) is 0.765. The second-order valence-electron chi connectivity index (χ2n) is 4.49. The van der Waals surface area contributed by atoms with Gasteiger partial charge in [-0.3, -0.25) is 4.79 Å². The fraction of sp³-hybridized carbons (Fsp3) is 0.917. The number of carboxylic acids is 1. The predicted octanol–water partition coefficient (Wildman–Crippen LogP) is 2.84. The van der Waals surface area contributed by atoms with Crippen LogP contribution >= 0.6 is 0 Å². The van der Waals surface area contributed by atoms with Gasteiger partial charge in [0.05, 0.1) is 11.5 Å². The summed E-state index contributed by atoms with van der Waals surface area (Å²) in [4.78, 5) is 11.3. The number of ether oxygens (including phenoxy) is 1. The van der Waals surface area contributed by atoms with Gasteiger partial charge < -0.3 is 9.84 Å². The Balaban J connectivity index is 2.60. The average molecular weight is 214 g/mol. The van der Waals surface area contributed by atoms with E-state index in [0.717, 1.165) is 19.4 Å². The van der Waals surface area contributed by atoms with Gasteiger partial charge >= 0.3 is 5.97 Å². The van der Waals surface area contributed by atoms with E-state index in [1.165, 1.54) is 6.42 Å². The van der Waals surface area contributed by atoms with Crippen LogP contribution in [0.2, 0.25) is 0 Å². The number of carboxylic acid groups (broad SMARTS) is 1. The highest BCUT2D eigenvalue weighted by atomic mass is 16.5. The Hall–Kier alpha value is -0.570. The second-order valence-corrected chi connectivity index (χ2v) is 4.49. The molecule has 1 aliphatic heterocycles. The first-order valence-corrected chi connectivity index (χ1v) is 5.99. The van der Waals surface area contributed by atoms with Gasteiger partial charge in [0, 0.05) is 6.61 Å². The fourth-order valence-corrected chi connectivity index (χ4v) is 2.33. The highest BCUT2D eigenvalue weighted by Crippen LogP contribution is 2.35. The third-order valence-electron chi connectivity index (χ3n) is 3.70. The molecule has 3 heteroatoms. The van der Waals surface area contributed by atoms with Crippen LogP contribution in [0.3, 0.4) is 0 Å². The maximum absolute atomic E-state index is 11.3. The van der Waals surface area contributed by atoms with Crippen molar-refractivity contribution >= 4 is 5.97 Å². The van der Waals surface area contributed by atoms with Gasteiger partial charge in [0.2, 0.25) is 0 Å². The number of aliphatic carboxylic acids is 1. The van der Waals surface area contributed by atoms with Crippen molar-refractivity contribution in [3.63, 3.8) is 0 Å². The molecule has 0 spiro atoms. The molecule has 0 bridgehead atoms. The smallest absolute Gasteiger partial charge is 0.309 e. The molecule has 0 aromatic heterocycles. The van der Waals surface area contributed by atoms with E-state index in [9.17, 15) is 9.90 Å². The van der Waals surface area contributed by atoms with E-state index in [0.29, 0.717) is 19.3 Å². The van der Waals surface area contributed by atoms with Crippen LogP contribution in [0.25, 0.3) is 0 Å². The molecule has 0 amide bonds. The molecule has 0 aliphatic carbocycles. The van der Waals surface area contributed by atoms with E-state index < -0.39 is 11.4 Å². The molecule has 0 saturated carbocycles. The summed E-state index contributed by atoms with van der Waals surface area (Å²) in [7, 11) is 0. The number of rotatable bonds is 5. The van der Waals surface area contributed by atoms with Crippen molar-refractivity contribution in [3.05, 3.63) is 0 Å². The maximum Gasteiger partial charge on any atom is 0.309 e. The molecule has 1 unspecified atom stereocenters. The van der Waals surface area contributed by atoms with E-state index in [2.05, 4.69) is 0 Å². The zero-order valence-electron chi connectivity index (χ0n) is 9.79. The van der Waals surface area contributed by atoms with Crippen LogP contribution in [0.4, 0.5) is 0 Å². The van der Waals surface area contributed by atoms with Crippen LogP contribution in [0.15, 0.2) is 0 Å². The molecule has 88 valence electrons. The maximum atomic E-state index is 11.3. The molecular weight excluding hydrogens is 192 g/mol. The van der Waals surface area contributed by atoms with Crippen LogP contribution in [0, 0.1) is 5.41 Å². The van der Waals surface area contributed by atoms with Crippen LogP contribution in [-0.4, -0.2) is 23.8 Å². The third kappa shape index (κ3) is 2.94. The zero-order chi connectivity index (χ0) is 11.3. The Morgan fingerprint density at radius 3 is 2.47 bits per heavy atom. The van der Waals surface area contributed by atoms with Gasteiger partial charge in [0.25, 0.3) is 0 Å². The van der Waals surface area contributed by atoms with Gasteiger partial charge in [-0.1, -0.05) is 13.8 Å². The van der Waals surface area contributed by atoms with Gasteiger partial charge in [-0.2, -0.15) is 0 Å². The zero-order valence-corrected chi connectivity index (χ0v) is 9.79. The standard InChI is InChI=1S/C12H22O3/c1-3-12(4-2,11(13)14)9-10-7-5-6-8-15-10/h10H,3-9H2,1-2H3,(H,13,14). The first-order chi connectivity index (χ1) is 7.14. The van der Waals surface area contributed by atoms with Gasteiger partial charge in [0.1, 0.15) is 0 Å². The van der Waals surface area contributed by atoms with Crippen LogP contribution in [0.1, 0.15) is 52.4 Å². The minimum Gasteiger partial charge on any atom is -0.481 e. The lowest BCUT2D eigenvalue weighted by molar-refractivity contribution is -0.153. The predicted molar refractivity (Wildman–Crippen MR) is 58.9 cm³/mol. The molecule has 0 aromatic rings. The van der Waals surface area contributed by atoms with Crippen molar-refractivity contribution in [3.8, 4) is 0 Å². The first kappa shape index (κ1) is 12.5. The lowest BCUT2D eigenvalue weighted by atomic mass is 9.76. The summed E-state index contributed by atoms with van der Waals surface area (Å²) in [5.74, 6) is -0.665. The molecule has 3 nitrogen and oxygen atoms in total. The summed E-state index contributed by atoms with van der Waals surface area (Å²) >= 11 is 0. The number of carbonyl (C=O) groups is 1. The number of hydrogen-bond acceptors (Lipinski definition) is 2. The van der Waals surface area contributed by atoms with Crippen molar-refractivity contribution in [2.24, 2.45) is 5.41 Å². The highest BCUT2D eigenvalue weighted by Gasteiger charge is 2.37. The van der Waals surface area contributed by atoms with E-state index in [1.54, 1.807) is 0 Å². The molecule has 0 radical (unpaired) electrons. The van der Waals surface area contributed by atoms with Crippen LogP contribution in [0.5, 0.6) is 0 Å². The van der Waals surface area contributed by atoms with E-state index in [1.807, 2.05) is 13.8 Å². The van der Waals surface area contributed by atoms with Crippen molar-refractivity contribution in [1.29, 1.82) is 0 Å². The summed E-state index contributed by atoms with van der Waals surface area (Å²) in [6, 6.07) is 0. The summed E-state index contributed by atoms with van der Waals surface area (Å²) < 4.78 is 5.62. The molecule has 1 atom stereocenters. The molecular formula is C12H22O3. The van der Waals surface area contributed by atoms with E-state index in [4.69, 9.17) is 4.74 Å². The molecule has 1 fully saturated rings. The first-order valence-electron chi connectivity index (χ1n) is 5.99. The molecule has 0 aromatic carbocycles. The Morgan fingerprint density at radius 1 is 1.40 bits per heavy atom. The van der Waals surface area contributed by atoms with Crippen molar-refractivity contribution in [1.82, 2.24) is 0 Å². The van der Waals surface area contributed by atoms with Crippen molar-refractivity contribution in [2.45, 2.75) is 58.5 Å². The summed E-state index contributed by atoms with van der Waals surface area (Å²) in [6.45, 7) is 4.72. The Labute approximate surface area is 91.8 Å². The van der Waals surface area contributed by atoms with E-state index >= 15 is 0 Å². The van der Waals surface area contributed by atoms with Gasteiger partial charge in [-0.25, -0.2) is 0 Å². The molecule has 1 aliphatic rings. The second kappa shape index (κ2) is 5.50. The molecule has 1 N–H and O–H groups in total.